The van der Waals surface area contributed by atoms with Crippen molar-refractivity contribution in [2.45, 2.75) is 50.8 Å². The molecular formula is C18H22ClNO4. The van der Waals surface area contributed by atoms with Crippen LogP contribution in [-0.2, 0) is 20.7 Å². The molecule has 1 saturated heterocycles. The highest BCUT2D eigenvalue weighted by Crippen LogP contribution is 2.42. The monoisotopic (exact) mass is 351 g/mol. The summed E-state index contributed by atoms with van der Waals surface area (Å²) in [7, 11) is 0. The van der Waals surface area contributed by atoms with Crippen LogP contribution in [0.4, 0.5) is 0 Å². The number of carboxylic acids is 1. The van der Waals surface area contributed by atoms with E-state index in [0.29, 0.717) is 23.8 Å². The molecule has 1 atom stereocenters. The maximum absolute atomic E-state index is 12.9. The quantitative estimate of drug-likeness (QED) is 0.908. The molecule has 0 bridgehead atoms. The van der Waals surface area contributed by atoms with E-state index < -0.39 is 17.7 Å². The van der Waals surface area contributed by atoms with Gasteiger partial charge >= 0.3 is 5.97 Å². The van der Waals surface area contributed by atoms with E-state index in [1.165, 1.54) is 4.90 Å². The number of hydrogen-bond acceptors (Lipinski definition) is 3. The fourth-order valence-corrected chi connectivity index (χ4v) is 3.83. The van der Waals surface area contributed by atoms with Gasteiger partial charge in [-0.25, -0.2) is 4.79 Å². The van der Waals surface area contributed by atoms with Crippen LogP contribution >= 0.6 is 11.6 Å². The van der Waals surface area contributed by atoms with Gasteiger partial charge in [-0.2, -0.15) is 0 Å². The molecule has 1 spiro atoms. The predicted octanol–water partition coefficient (Wildman–Crippen LogP) is 3.10. The molecule has 24 heavy (non-hydrogen) atoms. The molecule has 6 heteroatoms. The van der Waals surface area contributed by atoms with Gasteiger partial charge in [0.05, 0.1) is 13.0 Å². The largest absolute Gasteiger partial charge is 0.480 e. The second-order valence-electron chi connectivity index (χ2n) is 6.86. The fourth-order valence-electron chi connectivity index (χ4n) is 3.71. The summed E-state index contributed by atoms with van der Waals surface area (Å²) >= 11 is 5.88. The highest BCUT2D eigenvalue weighted by molar-refractivity contribution is 6.30. The summed E-state index contributed by atoms with van der Waals surface area (Å²) in [6.07, 6.45) is 3.43. The van der Waals surface area contributed by atoms with Crippen molar-refractivity contribution in [1.29, 1.82) is 0 Å². The minimum atomic E-state index is -1.00. The smallest absolute Gasteiger partial charge is 0.328 e. The topological polar surface area (TPSA) is 66.8 Å². The van der Waals surface area contributed by atoms with Gasteiger partial charge in [0.1, 0.15) is 5.72 Å². The van der Waals surface area contributed by atoms with Crippen LogP contribution in [0.3, 0.4) is 0 Å². The lowest BCUT2D eigenvalue weighted by molar-refractivity contribution is -0.164. The van der Waals surface area contributed by atoms with Crippen LogP contribution in [0.15, 0.2) is 24.3 Å². The lowest BCUT2D eigenvalue weighted by atomic mass is 9.83. The van der Waals surface area contributed by atoms with Crippen LogP contribution in [0, 0.1) is 5.92 Å². The molecule has 0 radical (unpaired) electrons. The Hall–Kier alpha value is -1.59. The number of ether oxygens (including phenoxy) is 1. The number of halogens is 1. The third-order valence-corrected chi connectivity index (χ3v) is 5.39. The van der Waals surface area contributed by atoms with Gasteiger partial charge in [0.25, 0.3) is 0 Å². The summed E-state index contributed by atoms with van der Waals surface area (Å²) in [6, 6.07) is 6.15. The first-order valence-electron chi connectivity index (χ1n) is 8.35. The Labute approximate surface area is 146 Å². The molecular weight excluding hydrogens is 330 g/mol. The molecule has 1 aliphatic heterocycles. The first-order chi connectivity index (χ1) is 11.4. The van der Waals surface area contributed by atoms with Crippen molar-refractivity contribution < 1.29 is 19.4 Å². The van der Waals surface area contributed by atoms with Crippen molar-refractivity contribution in [1.82, 2.24) is 4.90 Å². The molecule has 1 saturated carbocycles. The fraction of sp³-hybridized carbons (Fsp3) is 0.556. The molecule has 1 aromatic rings. The molecule has 1 heterocycles. The van der Waals surface area contributed by atoms with Gasteiger partial charge in [-0.05, 0) is 49.3 Å². The minimum absolute atomic E-state index is 0.0655. The first-order valence-corrected chi connectivity index (χ1v) is 8.72. The van der Waals surface area contributed by atoms with E-state index in [1.54, 1.807) is 24.3 Å². The molecule has 1 amide bonds. The summed E-state index contributed by atoms with van der Waals surface area (Å²) < 4.78 is 5.90. The van der Waals surface area contributed by atoms with Crippen molar-refractivity contribution >= 4 is 23.5 Å². The van der Waals surface area contributed by atoms with Crippen molar-refractivity contribution in [3.63, 3.8) is 0 Å². The number of carbonyl (C=O) groups is 2. The van der Waals surface area contributed by atoms with Crippen LogP contribution < -0.4 is 0 Å². The predicted molar refractivity (Wildman–Crippen MR) is 89.7 cm³/mol. The second kappa shape index (κ2) is 6.73. The van der Waals surface area contributed by atoms with E-state index in [9.17, 15) is 14.7 Å². The standard InChI is InChI=1S/C18H22ClNO4/c1-12-6-8-18(9-7-12)20(15(11-24-18)17(22)23)16(21)10-13-2-4-14(19)5-3-13/h2-5,12,15H,6-11H2,1H3,(H,22,23)/t12?,15-,18?/m1/s1. The van der Waals surface area contributed by atoms with Crippen LogP contribution in [0.5, 0.6) is 0 Å². The summed E-state index contributed by atoms with van der Waals surface area (Å²) in [6.45, 7) is 2.24. The van der Waals surface area contributed by atoms with Crippen LogP contribution in [0.1, 0.15) is 38.2 Å². The third kappa shape index (κ3) is 3.28. The van der Waals surface area contributed by atoms with Crippen LogP contribution in [-0.4, -0.2) is 40.3 Å². The SMILES string of the molecule is CC1CCC2(CC1)OC[C@H](C(=O)O)N2C(=O)Cc1ccc(Cl)cc1. The minimum Gasteiger partial charge on any atom is -0.480 e. The molecule has 1 aromatic carbocycles. The molecule has 1 N–H and O–H groups in total. The van der Waals surface area contributed by atoms with E-state index in [4.69, 9.17) is 16.3 Å². The Kier molecular flexibility index (Phi) is 4.83. The lowest BCUT2D eigenvalue weighted by Crippen LogP contribution is -2.55. The van der Waals surface area contributed by atoms with Crippen LogP contribution in [0.25, 0.3) is 0 Å². The molecule has 2 aliphatic rings. The molecule has 1 aliphatic carbocycles. The van der Waals surface area contributed by atoms with Crippen molar-refractivity contribution in [2.75, 3.05) is 6.61 Å². The number of hydrogen-bond donors (Lipinski definition) is 1. The maximum atomic E-state index is 12.9. The van der Waals surface area contributed by atoms with E-state index >= 15 is 0 Å². The molecule has 5 nitrogen and oxygen atoms in total. The highest BCUT2D eigenvalue weighted by Gasteiger charge is 2.53. The summed E-state index contributed by atoms with van der Waals surface area (Å²) in [5, 5.41) is 10.1. The number of nitrogens with zero attached hydrogens (tertiary/aromatic N) is 1. The van der Waals surface area contributed by atoms with Crippen molar-refractivity contribution in [3.05, 3.63) is 34.9 Å². The van der Waals surface area contributed by atoms with Crippen molar-refractivity contribution in [2.24, 2.45) is 5.92 Å². The van der Waals surface area contributed by atoms with Gasteiger partial charge in [0.2, 0.25) is 5.91 Å². The Bertz CT molecular complexity index is 622. The van der Waals surface area contributed by atoms with Gasteiger partial charge in [-0.1, -0.05) is 30.7 Å². The molecule has 3 rings (SSSR count). The number of benzene rings is 1. The highest BCUT2D eigenvalue weighted by atomic mass is 35.5. The number of carbonyl (C=O) groups excluding carboxylic acids is 1. The van der Waals surface area contributed by atoms with Crippen LogP contribution in [0.2, 0.25) is 5.02 Å². The Balaban J connectivity index is 1.83. The summed E-state index contributed by atoms with van der Waals surface area (Å²) in [5.74, 6) is -0.622. The summed E-state index contributed by atoms with van der Waals surface area (Å²) in [4.78, 5) is 26.0. The van der Waals surface area contributed by atoms with E-state index in [-0.39, 0.29) is 18.9 Å². The van der Waals surface area contributed by atoms with Gasteiger partial charge in [-0.3, -0.25) is 9.69 Å². The summed E-state index contributed by atoms with van der Waals surface area (Å²) in [5.41, 5.74) is 0.0683. The number of carboxylic acid groups (broad SMARTS) is 1. The zero-order chi connectivity index (χ0) is 17.3. The molecule has 130 valence electrons. The van der Waals surface area contributed by atoms with E-state index in [0.717, 1.165) is 18.4 Å². The second-order valence-corrected chi connectivity index (χ2v) is 7.30. The van der Waals surface area contributed by atoms with Gasteiger partial charge in [0.15, 0.2) is 6.04 Å². The number of amides is 1. The average Bonchev–Trinajstić information content (AvgIpc) is 2.92. The Morgan fingerprint density at radius 2 is 1.92 bits per heavy atom. The molecule has 0 unspecified atom stereocenters. The molecule has 2 fully saturated rings. The van der Waals surface area contributed by atoms with Crippen molar-refractivity contribution in [3.8, 4) is 0 Å². The Morgan fingerprint density at radius 1 is 1.29 bits per heavy atom. The Morgan fingerprint density at radius 3 is 2.50 bits per heavy atom. The normalized spacial score (nSPS) is 29.8. The average molecular weight is 352 g/mol. The third-order valence-electron chi connectivity index (χ3n) is 5.14. The molecule has 0 aromatic heterocycles. The number of rotatable bonds is 3. The zero-order valence-corrected chi connectivity index (χ0v) is 14.5. The van der Waals surface area contributed by atoms with E-state index in [1.807, 2.05) is 0 Å². The van der Waals surface area contributed by atoms with E-state index in [2.05, 4.69) is 6.92 Å². The maximum Gasteiger partial charge on any atom is 0.328 e. The van der Waals surface area contributed by atoms with Gasteiger partial charge < -0.3 is 9.84 Å². The number of aliphatic carboxylic acids is 1. The first kappa shape index (κ1) is 17.2. The zero-order valence-electron chi connectivity index (χ0n) is 13.7. The van der Waals surface area contributed by atoms with Gasteiger partial charge in [0, 0.05) is 5.02 Å². The lowest BCUT2D eigenvalue weighted by Gasteiger charge is -2.42. The van der Waals surface area contributed by atoms with Gasteiger partial charge in [-0.15, -0.1) is 0 Å².